The summed E-state index contributed by atoms with van der Waals surface area (Å²) in [5.41, 5.74) is -0.468. The number of hydrogen-bond acceptors (Lipinski definition) is 8. The van der Waals surface area contributed by atoms with Gasteiger partial charge in [0.05, 0.1) is 29.2 Å². The number of nitrogens with zero attached hydrogens (tertiary/aromatic N) is 2. The molecule has 3 rings (SSSR count). The maximum Gasteiger partial charge on any atom is 0.296 e. The number of hydrogen-bond donors (Lipinski definition) is 2. The van der Waals surface area contributed by atoms with Gasteiger partial charge in [-0.2, -0.15) is 0 Å². The van der Waals surface area contributed by atoms with E-state index in [1.165, 1.54) is 36.6 Å². The number of H-pyrrole nitrogens is 1. The Bertz CT molecular complexity index is 1090. The molecule has 0 unspecified atom stereocenters. The molecular weight excluding hydrogens is 392 g/mol. The van der Waals surface area contributed by atoms with E-state index in [0.29, 0.717) is 21.1 Å². The Labute approximate surface area is 160 Å². The number of carbonyl (C=O) groups excluding carboxylic acids is 1. The van der Waals surface area contributed by atoms with Crippen molar-refractivity contribution in [2.75, 3.05) is 18.2 Å². The monoisotopic (exact) mass is 406 g/mol. The van der Waals surface area contributed by atoms with Gasteiger partial charge in [0.2, 0.25) is 5.91 Å². The number of thioether (sulfide) groups is 1. The van der Waals surface area contributed by atoms with E-state index >= 15 is 0 Å². The zero-order chi connectivity index (χ0) is 19.6. The minimum atomic E-state index is -0.600. The van der Waals surface area contributed by atoms with Crippen molar-refractivity contribution < 1.29 is 14.5 Å². The molecular formula is C16H14N4O5S2. The first-order chi connectivity index (χ1) is 12.9. The van der Waals surface area contributed by atoms with Gasteiger partial charge in [-0.05, 0) is 25.1 Å². The topological polar surface area (TPSA) is 127 Å². The van der Waals surface area contributed by atoms with Crippen molar-refractivity contribution in [2.45, 2.75) is 12.1 Å². The van der Waals surface area contributed by atoms with E-state index in [-0.39, 0.29) is 22.7 Å². The molecule has 2 heterocycles. The second-order valence-electron chi connectivity index (χ2n) is 5.42. The average molecular weight is 406 g/mol. The first-order valence-electron chi connectivity index (χ1n) is 7.63. The van der Waals surface area contributed by atoms with Gasteiger partial charge in [-0.1, -0.05) is 11.8 Å². The third-order valence-electron chi connectivity index (χ3n) is 3.52. The van der Waals surface area contributed by atoms with Gasteiger partial charge in [0.1, 0.15) is 16.3 Å². The fourth-order valence-corrected chi connectivity index (χ4v) is 3.91. The smallest absolute Gasteiger partial charge is 0.296 e. The third-order valence-corrected chi connectivity index (χ3v) is 5.34. The molecule has 1 aromatic carbocycles. The highest BCUT2D eigenvalue weighted by Crippen LogP contribution is 2.29. The summed E-state index contributed by atoms with van der Waals surface area (Å²) >= 11 is 2.44. The number of anilines is 1. The van der Waals surface area contributed by atoms with E-state index in [4.69, 9.17) is 4.74 Å². The molecule has 0 spiro atoms. The van der Waals surface area contributed by atoms with Gasteiger partial charge < -0.3 is 15.0 Å². The molecule has 0 saturated carbocycles. The van der Waals surface area contributed by atoms with E-state index in [1.807, 2.05) is 6.92 Å². The van der Waals surface area contributed by atoms with Gasteiger partial charge in [-0.15, -0.1) is 11.3 Å². The molecule has 0 atom stereocenters. The largest absolute Gasteiger partial charge is 0.496 e. The summed E-state index contributed by atoms with van der Waals surface area (Å²) in [5, 5.41) is 14.5. The maximum absolute atomic E-state index is 12.2. The van der Waals surface area contributed by atoms with Crippen LogP contribution in [-0.4, -0.2) is 33.7 Å². The van der Waals surface area contributed by atoms with Gasteiger partial charge in [0.25, 0.3) is 11.2 Å². The van der Waals surface area contributed by atoms with Gasteiger partial charge >= 0.3 is 0 Å². The Morgan fingerprint density at radius 3 is 2.93 bits per heavy atom. The maximum atomic E-state index is 12.2. The highest BCUT2D eigenvalue weighted by molar-refractivity contribution is 7.99. The lowest BCUT2D eigenvalue weighted by Gasteiger charge is -2.07. The Kier molecular flexibility index (Phi) is 5.42. The summed E-state index contributed by atoms with van der Waals surface area (Å²) in [7, 11) is 1.40. The minimum Gasteiger partial charge on any atom is -0.496 e. The lowest BCUT2D eigenvalue weighted by molar-refractivity contribution is -0.384. The van der Waals surface area contributed by atoms with Crippen LogP contribution in [-0.2, 0) is 4.79 Å². The molecule has 3 aromatic rings. The van der Waals surface area contributed by atoms with Crippen molar-refractivity contribution in [3.8, 4) is 5.75 Å². The number of fused-ring (bicyclic) bond motifs is 1. The summed E-state index contributed by atoms with van der Waals surface area (Å²) in [6.07, 6.45) is 0. The molecule has 0 saturated heterocycles. The Morgan fingerprint density at radius 1 is 1.44 bits per heavy atom. The fourth-order valence-electron chi connectivity index (χ4n) is 2.32. The van der Waals surface area contributed by atoms with Crippen molar-refractivity contribution in [2.24, 2.45) is 0 Å². The van der Waals surface area contributed by atoms with Crippen LogP contribution in [0.25, 0.3) is 10.2 Å². The number of thiophene rings is 1. The Morgan fingerprint density at radius 2 is 2.22 bits per heavy atom. The van der Waals surface area contributed by atoms with Crippen LogP contribution in [0.5, 0.6) is 5.75 Å². The molecule has 140 valence electrons. The van der Waals surface area contributed by atoms with Crippen LogP contribution in [0.3, 0.4) is 0 Å². The number of methoxy groups -OCH3 is 1. The fraction of sp³-hybridized carbons (Fsp3) is 0.188. The zero-order valence-electron chi connectivity index (χ0n) is 14.3. The number of nitro groups is 1. The van der Waals surface area contributed by atoms with Crippen LogP contribution in [0.2, 0.25) is 0 Å². The number of aromatic nitrogens is 2. The molecule has 2 N–H and O–H groups in total. The predicted molar refractivity (Wildman–Crippen MR) is 104 cm³/mol. The van der Waals surface area contributed by atoms with Crippen molar-refractivity contribution in [3.63, 3.8) is 0 Å². The lowest BCUT2D eigenvalue weighted by atomic mass is 10.2. The van der Waals surface area contributed by atoms with Crippen molar-refractivity contribution in [1.29, 1.82) is 0 Å². The number of amides is 1. The van der Waals surface area contributed by atoms with Gasteiger partial charge in [-0.25, -0.2) is 4.98 Å². The number of aryl methyl sites for hydroxylation is 1. The Balaban J connectivity index is 1.72. The van der Waals surface area contributed by atoms with E-state index in [2.05, 4.69) is 15.3 Å². The number of nitrogens with one attached hydrogen (secondary N) is 2. The molecule has 0 bridgehead atoms. The lowest BCUT2D eigenvalue weighted by Crippen LogP contribution is -2.16. The van der Waals surface area contributed by atoms with Crippen LogP contribution >= 0.6 is 23.1 Å². The van der Waals surface area contributed by atoms with Crippen molar-refractivity contribution in [1.82, 2.24) is 9.97 Å². The first-order valence-corrected chi connectivity index (χ1v) is 9.43. The highest BCUT2D eigenvalue weighted by atomic mass is 32.2. The van der Waals surface area contributed by atoms with Gasteiger partial charge in [0, 0.05) is 4.88 Å². The molecule has 11 heteroatoms. The Hall–Kier alpha value is -2.92. The van der Waals surface area contributed by atoms with Crippen LogP contribution in [0.4, 0.5) is 11.4 Å². The number of nitro benzene ring substituents is 1. The molecule has 0 aliphatic heterocycles. The van der Waals surface area contributed by atoms with Crippen LogP contribution in [0.15, 0.2) is 34.2 Å². The highest BCUT2D eigenvalue weighted by Gasteiger charge is 2.17. The second-order valence-corrected chi connectivity index (χ2v) is 7.62. The molecule has 2 aromatic heterocycles. The molecule has 27 heavy (non-hydrogen) atoms. The number of carbonyl (C=O) groups is 1. The minimum absolute atomic E-state index is 0.0668. The van der Waals surface area contributed by atoms with Gasteiger partial charge in [0.15, 0.2) is 5.16 Å². The molecule has 0 radical (unpaired) electrons. The summed E-state index contributed by atoms with van der Waals surface area (Å²) < 4.78 is 4.96. The van der Waals surface area contributed by atoms with Crippen molar-refractivity contribution in [3.05, 3.63) is 49.6 Å². The third kappa shape index (κ3) is 4.26. The normalized spacial score (nSPS) is 10.7. The molecule has 1 amide bonds. The van der Waals surface area contributed by atoms with E-state index in [0.717, 1.165) is 16.6 Å². The van der Waals surface area contributed by atoms with E-state index in [1.54, 1.807) is 6.07 Å². The molecule has 0 fully saturated rings. The summed E-state index contributed by atoms with van der Waals surface area (Å²) in [6, 6.07) is 5.91. The van der Waals surface area contributed by atoms with Gasteiger partial charge in [-0.3, -0.25) is 19.7 Å². The number of aromatic amines is 1. The summed E-state index contributed by atoms with van der Waals surface area (Å²) in [5.74, 6) is -0.212. The SMILES string of the molecule is COc1ccc(NC(=O)CSc2nc3sc(C)cc3c(=O)[nH]2)c([N+](=O)[O-])c1. The number of rotatable bonds is 6. The summed E-state index contributed by atoms with van der Waals surface area (Å²) in [4.78, 5) is 43.3. The number of benzene rings is 1. The van der Waals surface area contributed by atoms with Crippen LogP contribution < -0.4 is 15.6 Å². The quantitative estimate of drug-likeness (QED) is 0.279. The van der Waals surface area contributed by atoms with E-state index < -0.39 is 10.8 Å². The van der Waals surface area contributed by atoms with E-state index in [9.17, 15) is 19.7 Å². The van der Waals surface area contributed by atoms with Crippen LogP contribution in [0, 0.1) is 17.0 Å². The second kappa shape index (κ2) is 7.76. The molecule has 0 aliphatic carbocycles. The summed E-state index contributed by atoms with van der Waals surface area (Å²) in [6.45, 7) is 1.88. The standard InChI is InChI=1S/C16H14N4O5S2/c1-8-5-10-14(22)18-16(19-15(10)27-8)26-7-13(21)17-11-4-3-9(25-2)6-12(11)20(23)24/h3-6H,7H2,1-2H3,(H,17,21)(H,18,19,22). The van der Waals surface area contributed by atoms with Crippen molar-refractivity contribution >= 4 is 50.6 Å². The predicted octanol–water partition coefficient (Wildman–Crippen LogP) is 2.94. The zero-order valence-corrected chi connectivity index (χ0v) is 15.9. The average Bonchev–Trinajstić information content (AvgIpc) is 3.01. The molecule has 0 aliphatic rings. The number of ether oxygens (including phenoxy) is 1. The molecule has 9 nitrogen and oxygen atoms in total. The first kappa shape index (κ1) is 18.9. The van der Waals surface area contributed by atoms with Crippen LogP contribution in [0.1, 0.15) is 4.88 Å².